The molecule has 0 heterocycles. The molecule has 0 bridgehead atoms. The minimum atomic E-state index is -0.911. The van der Waals surface area contributed by atoms with Crippen molar-refractivity contribution in [3.8, 4) is 0 Å². The zero-order valence-corrected chi connectivity index (χ0v) is 31.5. The first kappa shape index (κ1) is 40.8. The van der Waals surface area contributed by atoms with Gasteiger partial charge in [-0.1, -0.05) is 92.8 Å². The Morgan fingerprint density at radius 1 is 0.591 bits per heavy atom. The third-order valence-electron chi connectivity index (χ3n) is 5.34. The first-order chi connectivity index (χ1) is 20.5. The number of Topliss-reactive ketones (excluding diaryl/α,β-unsaturated/α-hetero) is 1. The molecular formula is C30H25BrCl8O5. The maximum atomic E-state index is 11.8. The molecule has 0 aromatic heterocycles. The molecule has 0 atom stereocenters. The summed E-state index contributed by atoms with van der Waals surface area (Å²) in [5.41, 5.74) is 3.01. The van der Waals surface area contributed by atoms with Crippen molar-refractivity contribution in [1.82, 2.24) is 0 Å². The number of halogens is 9. The van der Waals surface area contributed by atoms with Crippen LogP contribution in [0, 0.1) is 20.8 Å². The van der Waals surface area contributed by atoms with Crippen molar-refractivity contribution >= 4 is 132 Å². The molecule has 0 aliphatic heterocycles. The molecular weight excluding hydrogens is 804 g/mol. The zero-order valence-electron chi connectivity index (χ0n) is 23.8. The van der Waals surface area contributed by atoms with E-state index in [0.717, 1.165) is 15.6 Å². The predicted molar refractivity (Wildman–Crippen MR) is 188 cm³/mol. The van der Waals surface area contributed by atoms with E-state index in [-0.39, 0.29) is 38.9 Å². The highest BCUT2D eigenvalue weighted by atomic mass is 79.9. The van der Waals surface area contributed by atoms with Gasteiger partial charge in [-0.05, 0) is 104 Å². The van der Waals surface area contributed by atoms with Gasteiger partial charge < -0.3 is 9.47 Å². The Morgan fingerprint density at radius 2 is 0.977 bits per heavy atom. The third-order valence-corrected chi connectivity index (χ3v) is 8.76. The largest absolute Gasteiger partial charge is 0.462 e. The van der Waals surface area contributed by atoms with Gasteiger partial charge in [0.2, 0.25) is 0 Å². The second kappa shape index (κ2) is 19.5. The van der Waals surface area contributed by atoms with Crippen LogP contribution >= 0.6 is 109 Å². The molecule has 3 rings (SSSR count). The van der Waals surface area contributed by atoms with Crippen molar-refractivity contribution < 1.29 is 23.9 Å². The van der Waals surface area contributed by atoms with Crippen LogP contribution < -0.4 is 0 Å². The van der Waals surface area contributed by atoms with Gasteiger partial charge in [0.1, 0.15) is 4.49 Å². The maximum absolute atomic E-state index is 11.8. The maximum Gasteiger partial charge on any atom is 0.379 e. The van der Waals surface area contributed by atoms with Crippen LogP contribution in [0.25, 0.3) is 5.57 Å². The average Bonchev–Trinajstić information content (AvgIpc) is 2.93. The molecule has 44 heavy (non-hydrogen) atoms. The Morgan fingerprint density at radius 3 is 1.41 bits per heavy atom. The van der Waals surface area contributed by atoms with E-state index < -0.39 is 17.7 Å². The molecule has 0 spiro atoms. The smallest absolute Gasteiger partial charge is 0.379 e. The molecule has 0 fully saturated rings. The monoisotopic (exact) mass is 824 g/mol. The lowest BCUT2D eigenvalue weighted by atomic mass is 10.0. The molecule has 0 N–H and O–H groups in total. The number of hydrogen-bond acceptors (Lipinski definition) is 5. The molecule has 3 aromatic rings. The van der Waals surface area contributed by atoms with Crippen LogP contribution in [-0.4, -0.2) is 30.9 Å². The highest BCUT2D eigenvalue weighted by Crippen LogP contribution is 2.34. The minimum Gasteiger partial charge on any atom is -0.462 e. The van der Waals surface area contributed by atoms with Crippen molar-refractivity contribution in [2.75, 3.05) is 13.2 Å². The molecule has 5 nitrogen and oxygen atoms in total. The van der Waals surface area contributed by atoms with E-state index in [1.165, 1.54) is 18.2 Å². The van der Waals surface area contributed by atoms with Gasteiger partial charge in [-0.15, -0.1) is 0 Å². The van der Waals surface area contributed by atoms with Gasteiger partial charge in [0.15, 0.2) is 0 Å². The minimum absolute atomic E-state index is 0.0324. The summed E-state index contributed by atoms with van der Waals surface area (Å²) in [7, 11) is 0. The molecule has 0 amide bonds. The van der Waals surface area contributed by atoms with Crippen LogP contribution in [0.3, 0.4) is 0 Å². The van der Waals surface area contributed by atoms with E-state index >= 15 is 0 Å². The van der Waals surface area contributed by atoms with Gasteiger partial charge in [-0.2, -0.15) is 0 Å². The van der Waals surface area contributed by atoms with E-state index in [0.29, 0.717) is 31.2 Å². The van der Waals surface area contributed by atoms with E-state index in [4.69, 9.17) is 97.5 Å². The van der Waals surface area contributed by atoms with Crippen molar-refractivity contribution in [3.63, 3.8) is 0 Å². The number of benzene rings is 3. The molecule has 0 aliphatic carbocycles. The summed E-state index contributed by atoms with van der Waals surface area (Å²) in [5, 5.41) is 2.73. The number of hydrogen-bond donors (Lipinski definition) is 0. The Bertz CT molecular complexity index is 1520. The van der Waals surface area contributed by atoms with Gasteiger partial charge in [0, 0.05) is 30.7 Å². The molecule has 0 saturated heterocycles. The Labute approximate surface area is 304 Å². The van der Waals surface area contributed by atoms with Crippen LogP contribution in [0.1, 0.15) is 46.5 Å². The Balaban J connectivity index is 0.000000343. The SMILES string of the molecule is CCOC(=O)C(=C(Cl)Cl)c1cc(C)c(Cl)cc1Cl.CCOC(=O)C(=O)c1cc(C)c(Cl)cc1Cl.Cc1cc(Br)c(Cl)cc1Cl. The number of ether oxygens (including phenoxy) is 2. The van der Waals surface area contributed by atoms with Crippen LogP contribution in [0.5, 0.6) is 0 Å². The van der Waals surface area contributed by atoms with E-state index in [1.807, 2.05) is 13.0 Å². The summed E-state index contributed by atoms with van der Waals surface area (Å²) in [4.78, 5) is 34.6. The second-order valence-electron chi connectivity index (χ2n) is 8.58. The predicted octanol–water partition coefficient (Wildman–Crippen LogP) is 12.1. The summed E-state index contributed by atoms with van der Waals surface area (Å²) in [6, 6.07) is 9.70. The summed E-state index contributed by atoms with van der Waals surface area (Å²) < 4.78 is 10.2. The molecule has 0 aliphatic rings. The number of carbonyl (C=O) groups is 3. The molecule has 0 radical (unpaired) electrons. The summed E-state index contributed by atoms with van der Waals surface area (Å²) in [5.74, 6) is -2.29. The van der Waals surface area contributed by atoms with Crippen molar-refractivity contribution in [1.29, 1.82) is 0 Å². The fraction of sp³-hybridized carbons (Fsp3) is 0.233. The normalized spacial score (nSPS) is 10.0. The van der Waals surface area contributed by atoms with Gasteiger partial charge >= 0.3 is 11.9 Å². The summed E-state index contributed by atoms with van der Waals surface area (Å²) in [6.45, 7) is 9.12. The first-order valence-corrected chi connectivity index (χ1v) is 16.2. The Hall–Kier alpha value is -1.19. The van der Waals surface area contributed by atoms with E-state index in [2.05, 4.69) is 20.7 Å². The number of rotatable bonds is 6. The van der Waals surface area contributed by atoms with Gasteiger partial charge in [-0.3, -0.25) is 4.79 Å². The lowest BCUT2D eigenvalue weighted by Crippen LogP contribution is -2.18. The topological polar surface area (TPSA) is 69.7 Å². The van der Waals surface area contributed by atoms with Crippen LogP contribution in [0.4, 0.5) is 0 Å². The molecule has 0 unspecified atom stereocenters. The van der Waals surface area contributed by atoms with Gasteiger partial charge in [0.25, 0.3) is 5.78 Å². The van der Waals surface area contributed by atoms with Gasteiger partial charge in [-0.25, -0.2) is 9.59 Å². The van der Waals surface area contributed by atoms with Crippen molar-refractivity contribution in [2.24, 2.45) is 0 Å². The van der Waals surface area contributed by atoms with Gasteiger partial charge in [0.05, 0.1) is 33.9 Å². The number of aryl methyl sites for hydroxylation is 3. The fourth-order valence-corrected chi connectivity index (χ4v) is 5.25. The van der Waals surface area contributed by atoms with Crippen molar-refractivity contribution in [2.45, 2.75) is 34.6 Å². The molecule has 14 heteroatoms. The number of esters is 2. The van der Waals surface area contributed by atoms with Crippen LogP contribution in [0.15, 0.2) is 45.4 Å². The summed E-state index contributed by atoms with van der Waals surface area (Å²) >= 11 is 49.9. The highest BCUT2D eigenvalue weighted by molar-refractivity contribution is 9.10. The highest BCUT2D eigenvalue weighted by Gasteiger charge is 2.22. The van der Waals surface area contributed by atoms with E-state index in [1.54, 1.807) is 39.8 Å². The quantitative estimate of drug-likeness (QED) is 0.0814. The number of carbonyl (C=O) groups excluding carboxylic acids is 3. The number of ketones is 1. The average molecular weight is 829 g/mol. The first-order valence-electron chi connectivity index (χ1n) is 12.4. The lowest BCUT2D eigenvalue weighted by molar-refractivity contribution is -0.137. The van der Waals surface area contributed by atoms with Crippen LogP contribution in [-0.2, 0) is 19.1 Å². The molecule has 0 saturated carbocycles. The zero-order chi connectivity index (χ0) is 33.9. The summed E-state index contributed by atoms with van der Waals surface area (Å²) in [6.07, 6.45) is 0. The lowest BCUT2D eigenvalue weighted by Gasteiger charge is -2.11. The molecule has 3 aromatic carbocycles. The Kier molecular flexibility index (Phi) is 18.1. The fourth-order valence-electron chi connectivity index (χ4n) is 3.10. The van der Waals surface area contributed by atoms with Crippen LogP contribution in [0.2, 0.25) is 30.1 Å². The second-order valence-corrected chi connectivity index (χ2v) is 12.8. The van der Waals surface area contributed by atoms with E-state index in [9.17, 15) is 14.4 Å². The standard InChI is InChI=1S/C12H10Cl4O2.C11H10Cl2O3.C7H5BrCl2/c1-3-18-12(17)10(11(15)16)7-4-6(2)8(13)5-9(7)14;1-3-16-11(15)10(14)7-4-6(2)8(12)5-9(7)13;1-4-2-5(8)7(10)3-6(4)9/h4-5H,3H2,1-2H3;4-5H,3H2,1-2H3;2-3H,1H3. The molecule has 238 valence electrons. The van der Waals surface area contributed by atoms with Crippen molar-refractivity contribution in [3.05, 3.63) is 103 Å². The third kappa shape index (κ3) is 12.2.